The number of hydrogen-bond acceptors (Lipinski definition) is 6. The second-order valence-corrected chi connectivity index (χ2v) is 5.46. The molecule has 0 spiro atoms. The number of nitrogens with one attached hydrogen (secondary N) is 1. The van der Waals surface area contributed by atoms with Crippen LogP contribution in [0.3, 0.4) is 0 Å². The minimum Gasteiger partial charge on any atom is -0.377 e. The molecule has 1 heterocycles. The van der Waals surface area contributed by atoms with Crippen molar-refractivity contribution >= 4 is 23.5 Å². The zero-order chi connectivity index (χ0) is 19.2. The van der Waals surface area contributed by atoms with Crippen molar-refractivity contribution in [3.8, 4) is 0 Å². The van der Waals surface area contributed by atoms with Gasteiger partial charge in [0.25, 0.3) is 0 Å². The number of likely N-dealkylation sites (tertiary alicyclic amines) is 1. The summed E-state index contributed by atoms with van der Waals surface area (Å²) in [6, 6.07) is 0. The number of carbonyl (C=O) groups is 4. The molecule has 1 saturated heterocycles. The molecular formula is C17H30N2O6. The Hall–Kier alpha value is -1.80. The van der Waals surface area contributed by atoms with Crippen LogP contribution in [0.25, 0.3) is 0 Å². The van der Waals surface area contributed by atoms with Crippen LogP contribution in [0.5, 0.6) is 0 Å². The molecule has 1 aliphatic heterocycles. The molecule has 25 heavy (non-hydrogen) atoms. The Labute approximate surface area is 149 Å². The van der Waals surface area contributed by atoms with Crippen LogP contribution >= 0.6 is 0 Å². The second-order valence-electron chi connectivity index (χ2n) is 5.46. The fraction of sp³-hybridized carbons (Fsp3) is 0.765. The fourth-order valence-corrected chi connectivity index (χ4v) is 2.08. The van der Waals surface area contributed by atoms with Crippen molar-refractivity contribution in [1.29, 1.82) is 0 Å². The van der Waals surface area contributed by atoms with E-state index in [9.17, 15) is 19.2 Å². The highest BCUT2D eigenvalue weighted by molar-refractivity contribution is 6.03. The SMILES string of the molecule is CC.CC(=O)COCCOCCNC(=O)CCN1C(=O)CC(C)C1=O. The van der Waals surface area contributed by atoms with Crippen molar-refractivity contribution in [1.82, 2.24) is 10.2 Å². The van der Waals surface area contributed by atoms with Crippen molar-refractivity contribution in [3.05, 3.63) is 0 Å². The molecule has 0 aromatic carbocycles. The number of nitrogens with zero attached hydrogens (tertiary/aromatic N) is 1. The van der Waals surface area contributed by atoms with Crippen molar-refractivity contribution in [2.75, 3.05) is 39.5 Å². The van der Waals surface area contributed by atoms with Crippen LogP contribution in [0.1, 0.15) is 40.5 Å². The number of imide groups is 1. The predicted octanol–water partition coefficient (Wildman–Crippen LogP) is 0.536. The lowest BCUT2D eigenvalue weighted by Crippen LogP contribution is -2.35. The molecule has 3 amide bonds. The van der Waals surface area contributed by atoms with Gasteiger partial charge in [0.1, 0.15) is 6.61 Å². The maximum Gasteiger partial charge on any atom is 0.232 e. The molecule has 0 bridgehead atoms. The van der Waals surface area contributed by atoms with E-state index in [0.717, 1.165) is 4.90 Å². The van der Waals surface area contributed by atoms with E-state index < -0.39 is 0 Å². The van der Waals surface area contributed by atoms with Crippen LogP contribution in [0.2, 0.25) is 0 Å². The molecule has 0 aromatic rings. The summed E-state index contributed by atoms with van der Waals surface area (Å²) in [5.74, 6) is -0.992. The molecule has 8 heteroatoms. The molecule has 144 valence electrons. The summed E-state index contributed by atoms with van der Waals surface area (Å²) in [5.41, 5.74) is 0. The van der Waals surface area contributed by atoms with Gasteiger partial charge in [-0.3, -0.25) is 24.1 Å². The first-order chi connectivity index (χ1) is 11.9. The molecule has 8 nitrogen and oxygen atoms in total. The summed E-state index contributed by atoms with van der Waals surface area (Å²) in [4.78, 5) is 46.6. The first kappa shape index (κ1) is 23.2. The smallest absolute Gasteiger partial charge is 0.232 e. The average Bonchev–Trinajstić information content (AvgIpc) is 2.82. The van der Waals surface area contributed by atoms with Crippen LogP contribution in [-0.4, -0.2) is 67.9 Å². The van der Waals surface area contributed by atoms with Crippen molar-refractivity contribution in [3.63, 3.8) is 0 Å². The van der Waals surface area contributed by atoms with Crippen molar-refractivity contribution < 1.29 is 28.7 Å². The van der Waals surface area contributed by atoms with Gasteiger partial charge in [-0.2, -0.15) is 0 Å². The van der Waals surface area contributed by atoms with Gasteiger partial charge in [0.2, 0.25) is 17.7 Å². The summed E-state index contributed by atoms with van der Waals surface area (Å²) in [5, 5.41) is 2.65. The number of ether oxygens (including phenoxy) is 2. The highest BCUT2D eigenvalue weighted by Crippen LogP contribution is 2.18. The van der Waals surface area contributed by atoms with E-state index in [4.69, 9.17) is 9.47 Å². The zero-order valence-electron chi connectivity index (χ0n) is 15.6. The predicted molar refractivity (Wildman–Crippen MR) is 91.8 cm³/mol. The number of ketones is 1. The molecular weight excluding hydrogens is 328 g/mol. The first-order valence-electron chi connectivity index (χ1n) is 8.67. The Morgan fingerprint density at radius 2 is 1.80 bits per heavy atom. The van der Waals surface area contributed by atoms with Gasteiger partial charge in [-0.25, -0.2) is 0 Å². The first-order valence-corrected chi connectivity index (χ1v) is 8.67. The summed E-state index contributed by atoms with van der Waals surface area (Å²) in [6.07, 6.45) is 0.311. The van der Waals surface area contributed by atoms with Crippen LogP contribution in [0.15, 0.2) is 0 Å². The Morgan fingerprint density at radius 3 is 2.36 bits per heavy atom. The number of hydrogen-bond donors (Lipinski definition) is 1. The fourth-order valence-electron chi connectivity index (χ4n) is 2.08. The van der Waals surface area contributed by atoms with Gasteiger partial charge in [-0.1, -0.05) is 20.8 Å². The second kappa shape index (κ2) is 13.5. The Morgan fingerprint density at radius 1 is 1.16 bits per heavy atom. The number of rotatable bonds is 11. The molecule has 1 aliphatic rings. The van der Waals surface area contributed by atoms with Crippen LogP contribution < -0.4 is 5.32 Å². The quantitative estimate of drug-likeness (QED) is 0.427. The maximum atomic E-state index is 11.7. The van der Waals surface area contributed by atoms with E-state index in [2.05, 4.69) is 5.32 Å². The van der Waals surface area contributed by atoms with E-state index in [1.54, 1.807) is 6.92 Å². The molecule has 0 saturated carbocycles. The summed E-state index contributed by atoms with van der Waals surface area (Å²) in [6.45, 7) is 8.68. The zero-order valence-corrected chi connectivity index (χ0v) is 15.6. The third kappa shape index (κ3) is 9.93. The standard InChI is InChI=1S/C15H24N2O6.C2H6/c1-11-9-14(20)17(15(11)21)5-3-13(19)16-4-6-22-7-8-23-10-12(2)18;1-2/h11H,3-10H2,1-2H3,(H,16,19);1-2H3. The molecule has 0 radical (unpaired) electrons. The third-order valence-electron chi connectivity index (χ3n) is 3.28. The highest BCUT2D eigenvalue weighted by Gasteiger charge is 2.35. The number of carbonyl (C=O) groups excluding carboxylic acids is 4. The summed E-state index contributed by atoms with van der Waals surface area (Å²) in [7, 11) is 0. The lowest BCUT2D eigenvalue weighted by molar-refractivity contribution is -0.139. The van der Waals surface area contributed by atoms with Crippen LogP contribution in [0, 0.1) is 5.92 Å². The topological polar surface area (TPSA) is 102 Å². The normalized spacial score (nSPS) is 16.5. The minimum absolute atomic E-state index is 0.0402. The number of Topliss-reactive ketones (excluding diaryl/α,β-unsaturated/α-hetero) is 1. The molecule has 1 fully saturated rings. The lowest BCUT2D eigenvalue weighted by atomic mass is 10.1. The molecule has 0 aromatic heterocycles. The van der Waals surface area contributed by atoms with Gasteiger partial charge < -0.3 is 14.8 Å². The molecule has 1 N–H and O–H groups in total. The lowest BCUT2D eigenvalue weighted by Gasteiger charge is -2.14. The average molecular weight is 358 g/mol. The van der Waals surface area contributed by atoms with E-state index in [-0.39, 0.29) is 55.4 Å². The molecule has 1 atom stereocenters. The Kier molecular flexibility index (Phi) is 12.5. The van der Waals surface area contributed by atoms with Gasteiger partial charge in [0, 0.05) is 31.8 Å². The number of amides is 3. The highest BCUT2D eigenvalue weighted by atomic mass is 16.5. The largest absolute Gasteiger partial charge is 0.377 e. The molecule has 0 aliphatic carbocycles. The Balaban J connectivity index is 0.00000277. The summed E-state index contributed by atoms with van der Waals surface area (Å²) < 4.78 is 10.2. The monoisotopic (exact) mass is 358 g/mol. The van der Waals surface area contributed by atoms with Gasteiger partial charge >= 0.3 is 0 Å². The molecule has 1 unspecified atom stereocenters. The minimum atomic E-state index is -0.288. The van der Waals surface area contributed by atoms with Crippen LogP contribution in [0.4, 0.5) is 0 Å². The van der Waals surface area contributed by atoms with Gasteiger partial charge in [0.15, 0.2) is 5.78 Å². The summed E-state index contributed by atoms with van der Waals surface area (Å²) >= 11 is 0. The van der Waals surface area contributed by atoms with E-state index >= 15 is 0 Å². The molecule has 1 rings (SSSR count). The maximum absolute atomic E-state index is 11.7. The van der Waals surface area contributed by atoms with Crippen molar-refractivity contribution in [2.45, 2.75) is 40.5 Å². The van der Waals surface area contributed by atoms with E-state index in [1.807, 2.05) is 13.8 Å². The van der Waals surface area contributed by atoms with Gasteiger partial charge in [0.05, 0.1) is 19.8 Å². The van der Waals surface area contributed by atoms with Gasteiger partial charge in [-0.05, 0) is 6.92 Å². The van der Waals surface area contributed by atoms with E-state index in [0.29, 0.717) is 26.4 Å². The van der Waals surface area contributed by atoms with Crippen LogP contribution in [-0.2, 0) is 28.7 Å². The Bertz CT molecular complexity index is 452. The third-order valence-corrected chi connectivity index (χ3v) is 3.28. The van der Waals surface area contributed by atoms with E-state index in [1.165, 1.54) is 6.92 Å². The van der Waals surface area contributed by atoms with Gasteiger partial charge in [-0.15, -0.1) is 0 Å². The van der Waals surface area contributed by atoms with Crippen molar-refractivity contribution in [2.24, 2.45) is 5.92 Å².